The zero-order valence-corrected chi connectivity index (χ0v) is 13.8. The lowest BCUT2D eigenvalue weighted by Crippen LogP contribution is -2.52. The molecule has 2 heteroatoms. The fourth-order valence-corrected chi connectivity index (χ4v) is 4.07. The Morgan fingerprint density at radius 2 is 1.65 bits per heavy atom. The standard InChI is InChI=1S/C21H26N2/c1-2-6-18(7-3-1)12-13-22-14-15-23-16-20-9-5-4-8-19(20)10-11-21(23)17-22/h1-9,21H,10-17H2. The molecular formula is C21H26N2. The average Bonchev–Trinajstić information content (AvgIpc) is 2.80. The lowest BCUT2D eigenvalue weighted by atomic mass is 10.0. The molecule has 0 N–H and O–H groups in total. The maximum Gasteiger partial charge on any atom is 0.0240 e. The SMILES string of the molecule is c1ccc(CCN2CCN3Cc4ccccc4CCC3C2)cc1. The topological polar surface area (TPSA) is 6.48 Å². The summed E-state index contributed by atoms with van der Waals surface area (Å²) in [6.45, 7) is 6.01. The highest BCUT2D eigenvalue weighted by Crippen LogP contribution is 2.25. The molecule has 0 aliphatic carbocycles. The van der Waals surface area contributed by atoms with E-state index in [1.165, 1.54) is 51.0 Å². The normalized spacial score (nSPS) is 22.2. The Balaban J connectivity index is 1.37. The van der Waals surface area contributed by atoms with Crippen molar-refractivity contribution < 1.29 is 0 Å². The minimum Gasteiger partial charge on any atom is -0.300 e. The Morgan fingerprint density at radius 1 is 0.870 bits per heavy atom. The molecule has 2 aliphatic rings. The molecule has 4 rings (SSSR count). The lowest BCUT2D eigenvalue weighted by Gasteiger charge is -2.40. The summed E-state index contributed by atoms with van der Waals surface area (Å²) in [7, 11) is 0. The van der Waals surface area contributed by atoms with E-state index in [2.05, 4.69) is 64.4 Å². The number of rotatable bonds is 3. The molecule has 0 radical (unpaired) electrons. The Hall–Kier alpha value is -1.64. The lowest BCUT2D eigenvalue weighted by molar-refractivity contribution is 0.0681. The highest BCUT2D eigenvalue weighted by Gasteiger charge is 2.29. The minimum absolute atomic E-state index is 0.729. The third-order valence-electron chi connectivity index (χ3n) is 5.49. The number of hydrogen-bond donors (Lipinski definition) is 0. The smallest absolute Gasteiger partial charge is 0.0240 e. The van der Waals surface area contributed by atoms with Gasteiger partial charge in [-0.2, -0.15) is 0 Å². The van der Waals surface area contributed by atoms with E-state index in [0.29, 0.717) is 0 Å². The van der Waals surface area contributed by atoms with Crippen molar-refractivity contribution in [3.05, 3.63) is 71.3 Å². The van der Waals surface area contributed by atoms with Crippen molar-refractivity contribution in [2.75, 3.05) is 26.2 Å². The Bertz CT molecular complexity index is 637. The summed E-state index contributed by atoms with van der Waals surface area (Å²) >= 11 is 0. The van der Waals surface area contributed by atoms with Crippen LogP contribution in [0.15, 0.2) is 54.6 Å². The van der Waals surface area contributed by atoms with Gasteiger partial charge in [0.15, 0.2) is 0 Å². The molecule has 0 bridgehead atoms. The second-order valence-corrected chi connectivity index (χ2v) is 6.97. The van der Waals surface area contributed by atoms with Crippen LogP contribution in [0, 0.1) is 0 Å². The summed E-state index contributed by atoms with van der Waals surface area (Å²) in [5.41, 5.74) is 4.58. The number of nitrogens with zero attached hydrogens (tertiary/aromatic N) is 2. The quantitative estimate of drug-likeness (QED) is 0.858. The summed E-state index contributed by atoms with van der Waals surface area (Å²) in [5, 5.41) is 0. The predicted molar refractivity (Wildman–Crippen MR) is 95.5 cm³/mol. The van der Waals surface area contributed by atoms with Crippen molar-refractivity contribution in [2.24, 2.45) is 0 Å². The molecule has 1 atom stereocenters. The third-order valence-corrected chi connectivity index (χ3v) is 5.49. The fraction of sp³-hybridized carbons (Fsp3) is 0.429. The van der Waals surface area contributed by atoms with Crippen LogP contribution in [0.25, 0.3) is 0 Å². The van der Waals surface area contributed by atoms with Gasteiger partial charge in [-0.15, -0.1) is 0 Å². The largest absolute Gasteiger partial charge is 0.300 e. The van der Waals surface area contributed by atoms with E-state index >= 15 is 0 Å². The van der Waals surface area contributed by atoms with Crippen LogP contribution < -0.4 is 0 Å². The van der Waals surface area contributed by atoms with Crippen LogP contribution in [0.3, 0.4) is 0 Å². The van der Waals surface area contributed by atoms with Crippen LogP contribution in [0.2, 0.25) is 0 Å². The number of hydrogen-bond acceptors (Lipinski definition) is 2. The van der Waals surface area contributed by atoms with E-state index in [9.17, 15) is 0 Å². The number of fused-ring (bicyclic) bond motifs is 2. The van der Waals surface area contributed by atoms with Gasteiger partial charge in [0.1, 0.15) is 0 Å². The number of benzene rings is 2. The van der Waals surface area contributed by atoms with E-state index in [4.69, 9.17) is 0 Å². The highest BCUT2D eigenvalue weighted by molar-refractivity contribution is 5.28. The molecule has 0 aromatic heterocycles. The van der Waals surface area contributed by atoms with Crippen molar-refractivity contribution in [3.8, 4) is 0 Å². The molecule has 2 aromatic carbocycles. The van der Waals surface area contributed by atoms with Gasteiger partial charge in [0.05, 0.1) is 0 Å². The van der Waals surface area contributed by atoms with Gasteiger partial charge >= 0.3 is 0 Å². The molecule has 2 aromatic rings. The van der Waals surface area contributed by atoms with Crippen molar-refractivity contribution in [3.63, 3.8) is 0 Å². The van der Waals surface area contributed by atoms with Gasteiger partial charge < -0.3 is 4.90 Å². The van der Waals surface area contributed by atoms with Crippen LogP contribution in [0.1, 0.15) is 23.1 Å². The van der Waals surface area contributed by atoms with Gasteiger partial charge in [0.2, 0.25) is 0 Å². The molecule has 120 valence electrons. The molecule has 1 fully saturated rings. The molecule has 23 heavy (non-hydrogen) atoms. The van der Waals surface area contributed by atoms with Gasteiger partial charge in [-0.3, -0.25) is 4.90 Å². The number of aryl methyl sites for hydroxylation is 1. The summed E-state index contributed by atoms with van der Waals surface area (Å²) in [6, 6.07) is 20.6. The monoisotopic (exact) mass is 306 g/mol. The maximum absolute atomic E-state index is 2.71. The molecule has 0 amide bonds. The molecule has 2 aliphatic heterocycles. The zero-order chi connectivity index (χ0) is 15.5. The summed E-state index contributed by atoms with van der Waals surface area (Å²) in [6.07, 6.45) is 3.72. The van der Waals surface area contributed by atoms with Crippen LogP contribution in [-0.4, -0.2) is 42.0 Å². The van der Waals surface area contributed by atoms with E-state index in [-0.39, 0.29) is 0 Å². The predicted octanol–water partition coefficient (Wildman–Crippen LogP) is 3.36. The van der Waals surface area contributed by atoms with Gasteiger partial charge in [-0.1, -0.05) is 54.6 Å². The van der Waals surface area contributed by atoms with Crippen LogP contribution >= 0.6 is 0 Å². The molecule has 0 saturated carbocycles. The van der Waals surface area contributed by atoms with Gasteiger partial charge in [-0.25, -0.2) is 0 Å². The first-order valence-electron chi connectivity index (χ1n) is 8.95. The van der Waals surface area contributed by atoms with E-state index < -0.39 is 0 Å². The van der Waals surface area contributed by atoms with Crippen LogP contribution in [-0.2, 0) is 19.4 Å². The van der Waals surface area contributed by atoms with E-state index in [1.807, 2.05) is 0 Å². The molecule has 1 unspecified atom stereocenters. The number of piperazine rings is 1. The van der Waals surface area contributed by atoms with Crippen molar-refractivity contribution in [1.29, 1.82) is 0 Å². The van der Waals surface area contributed by atoms with E-state index in [0.717, 1.165) is 12.6 Å². The second-order valence-electron chi connectivity index (χ2n) is 6.97. The van der Waals surface area contributed by atoms with Gasteiger partial charge in [0.25, 0.3) is 0 Å². The van der Waals surface area contributed by atoms with Crippen molar-refractivity contribution in [1.82, 2.24) is 9.80 Å². The molecular weight excluding hydrogens is 280 g/mol. The Morgan fingerprint density at radius 3 is 2.52 bits per heavy atom. The Kier molecular flexibility index (Phi) is 4.45. The molecule has 2 heterocycles. The van der Waals surface area contributed by atoms with Crippen LogP contribution in [0.5, 0.6) is 0 Å². The highest BCUT2D eigenvalue weighted by atomic mass is 15.3. The van der Waals surface area contributed by atoms with E-state index in [1.54, 1.807) is 11.1 Å². The van der Waals surface area contributed by atoms with Crippen LogP contribution in [0.4, 0.5) is 0 Å². The zero-order valence-electron chi connectivity index (χ0n) is 13.8. The first-order valence-corrected chi connectivity index (χ1v) is 8.95. The fourth-order valence-electron chi connectivity index (χ4n) is 4.07. The first-order chi connectivity index (χ1) is 11.4. The van der Waals surface area contributed by atoms with Gasteiger partial charge in [-0.05, 0) is 36.0 Å². The molecule has 1 saturated heterocycles. The third kappa shape index (κ3) is 3.49. The Labute approximate surface area is 139 Å². The van der Waals surface area contributed by atoms with Crippen molar-refractivity contribution >= 4 is 0 Å². The molecule has 0 spiro atoms. The van der Waals surface area contributed by atoms with Crippen molar-refractivity contribution in [2.45, 2.75) is 31.8 Å². The first kappa shape index (κ1) is 14.9. The second kappa shape index (κ2) is 6.86. The minimum atomic E-state index is 0.729. The average molecular weight is 306 g/mol. The summed E-state index contributed by atoms with van der Waals surface area (Å²) in [5.74, 6) is 0. The van der Waals surface area contributed by atoms with Gasteiger partial charge in [0, 0.05) is 38.8 Å². The summed E-state index contributed by atoms with van der Waals surface area (Å²) < 4.78 is 0. The summed E-state index contributed by atoms with van der Waals surface area (Å²) in [4.78, 5) is 5.38. The molecule has 2 nitrogen and oxygen atoms in total. The maximum atomic E-state index is 2.71.